The van der Waals surface area contributed by atoms with E-state index in [4.69, 9.17) is 0 Å². The van der Waals surface area contributed by atoms with Gasteiger partial charge in [-0.15, -0.1) is 24.0 Å². The zero-order chi connectivity index (χ0) is 18.8. The first-order chi connectivity index (χ1) is 13.1. The van der Waals surface area contributed by atoms with Gasteiger partial charge in [0.05, 0.1) is 6.54 Å². The van der Waals surface area contributed by atoms with Gasteiger partial charge in [0, 0.05) is 51.2 Å². The smallest absolute Gasteiger partial charge is 0.234 e. The summed E-state index contributed by atoms with van der Waals surface area (Å²) in [6.45, 7) is 6.36. The molecule has 6 nitrogen and oxygen atoms in total. The highest BCUT2D eigenvalue weighted by Gasteiger charge is 2.40. The van der Waals surface area contributed by atoms with Crippen molar-refractivity contribution in [2.24, 2.45) is 4.99 Å². The lowest BCUT2D eigenvalue weighted by Gasteiger charge is -2.36. The molecule has 2 atom stereocenters. The molecule has 4 rings (SSSR count). The summed E-state index contributed by atoms with van der Waals surface area (Å²) in [6.07, 6.45) is 3.46. The van der Waals surface area contributed by atoms with E-state index in [1.165, 1.54) is 17.5 Å². The third kappa shape index (κ3) is 5.37. The van der Waals surface area contributed by atoms with Crippen LogP contribution < -0.4 is 10.6 Å². The van der Waals surface area contributed by atoms with Gasteiger partial charge in [0.2, 0.25) is 5.91 Å². The van der Waals surface area contributed by atoms with Gasteiger partial charge in [-0.3, -0.25) is 14.7 Å². The summed E-state index contributed by atoms with van der Waals surface area (Å²) in [5, 5.41) is 6.73. The molecule has 2 aliphatic carbocycles. The molecule has 1 aromatic carbocycles. The van der Waals surface area contributed by atoms with E-state index in [2.05, 4.69) is 56.6 Å². The minimum atomic E-state index is 0. The molecule has 1 aliphatic heterocycles. The summed E-state index contributed by atoms with van der Waals surface area (Å²) in [5.74, 6) is 1.76. The van der Waals surface area contributed by atoms with Crippen LogP contribution >= 0.6 is 24.0 Å². The Hall–Kier alpha value is -1.35. The van der Waals surface area contributed by atoms with Gasteiger partial charge in [0.1, 0.15) is 0 Å². The zero-order valence-electron chi connectivity index (χ0n) is 16.9. The van der Waals surface area contributed by atoms with Crippen molar-refractivity contribution in [2.75, 3.05) is 39.8 Å². The second-order valence-corrected chi connectivity index (χ2v) is 8.10. The molecule has 154 valence electrons. The van der Waals surface area contributed by atoms with Crippen molar-refractivity contribution in [1.29, 1.82) is 0 Å². The highest BCUT2D eigenvalue weighted by molar-refractivity contribution is 14.0. The van der Waals surface area contributed by atoms with Crippen molar-refractivity contribution in [1.82, 2.24) is 20.4 Å². The van der Waals surface area contributed by atoms with Crippen molar-refractivity contribution < 1.29 is 4.79 Å². The predicted molar refractivity (Wildman–Crippen MR) is 123 cm³/mol. The molecule has 1 heterocycles. The largest absolute Gasteiger partial charge is 0.353 e. The fourth-order valence-electron chi connectivity index (χ4n) is 3.99. The minimum Gasteiger partial charge on any atom is -0.353 e. The number of carbonyl (C=O) groups excluding carboxylic acids is 1. The van der Waals surface area contributed by atoms with Crippen LogP contribution in [0.1, 0.15) is 36.3 Å². The average molecular weight is 497 g/mol. The van der Waals surface area contributed by atoms with Crippen LogP contribution in [0.5, 0.6) is 0 Å². The first kappa shape index (κ1) is 21.4. The molecule has 0 aromatic heterocycles. The van der Waals surface area contributed by atoms with E-state index < -0.39 is 0 Å². The van der Waals surface area contributed by atoms with E-state index in [0.717, 1.165) is 45.0 Å². The van der Waals surface area contributed by atoms with E-state index in [0.29, 0.717) is 24.5 Å². The monoisotopic (exact) mass is 497 g/mol. The number of piperazine rings is 1. The summed E-state index contributed by atoms with van der Waals surface area (Å²) in [6, 6.07) is 9.60. The number of carbonyl (C=O) groups is 1. The summed E-state index contributed by atoms with van der Waals surface area (Å²) in [7, 11) is 1.86. The van der Waals surface area contributed by atoms with E-state index in [-0.39, 0.29) is 29.9 Å². The number of nitrogens with zero attached hydrogens (tertiary/aromatic N) is 3. The number of aliphatic imine (C=N–C) groups is 1. The fourth-order valence-corrected chi connectivity index (χ4v) is 3.99. The van der Waals surface area contributed by atoms with E-state index in [1.807, 2.05) is 7.05 Å². The summed E-state index contributed by atoms with van der Waals surface area (Å²) in [4.78, 5) is 21.1. The average Bonchev–Trinajstić information content (AvgIpc) is 3.58. The van der Waals surface area contributed by atoms with Gasteiger partial charge in [-0.1, -0.05) is 24.3 Å². The number of nitrogens with one attached hydrogen (secondary N) is 2. The molecule has 1 aromatic rings. The number of hydrogen-bond donors (Lipinski definition) is 2. The Balaban J connectivity index is 0.00000225. The number of guanidine groups is 1. The number of rotatable bonds is 5. The van der Waals surface area contributed by atoms with E-state index in [1.54, 1.807) is 0 Å². The van der Waals surface area contributed by atoms with Crippen molar-refractivity contribution in [2.45, 2.75) is 44.2 Å². The second kappa shape index (κ2) is 9.43. The summed E-state index contributed by atoms with van der Waals surface area (Å²) < 4.78 is 0. The Morgan fingerprint density at radius 3 is 2.50 bits per heavy atom. The van der Waals surface area contributed by atoms with Gasteiger partial charge >= 0.3 is 0 Å². The zero-order valence-corrected chi connectivity index (χ0v) is 19.2. The molecule has 0 spiro atoms. The standard InChI is InChI=1S/C21H31N5O.HI/c1-15-5-3-4-6-17(15)18-13-19(18)24-21(22-2)26-11-9-25(10-12-26)14-20(27)23-16-7-8-16;/h3-6,16,18-19H,7-14H2,1-2H3,(H,22,24)(H,23,27);1H. The van der Waals surface area contributed by atoms with Gasteiger partial charge in [-0.05, 0) is 37.3 Å². The van der Waals surface area contributed by atoms with Crippen LogP contribution in [0.3, 0.4) is 0 Å². The Labute approximate surface area is 185 Å². The lowest BCUT2D eigenvalue weighted by Crippen LogP contribution is -2.54. The van der Waals surface area contributed by atoms with Crippen molar-refractivity contribution in [3.63, 3.8) is 0 Å². The number of hydrogen-bond acceptors (Lipinski definition) is 3. The molecule has 3 fully saturated rings. The molecule has 3 aliphatic rings. The number of amides is 1. The van der Waals surface area contributed by atoms with Crippen molar-refractivity contribution >= 4 is 35.8 Å². The molecule has 2 saturated carbocycles. The van der Waals surface area contributed by atoms with Gasteiger partial charge in [0.25, 0.3) is 0 Å². The van der Waals surface area contributed by atoms with Crippen molar-refractivity contribution in [3.8, 4) is 0 Å². The Morgan fingerprint density at radius 2 is 1.86 bits per heavy atom. The summed E-state index contributed by atoms with van der Waals surface area (Å²) >= 11 is 0. The second-order valence-electron chi connectivity index (χ2n) is 8.10. The number of benzene rings is 1. The SMILES string of the molecule is CN=C(NC1CC1c1ccccc1C)N1CCN(CC(=O)NC2CC2)CC1.I. The van der Waals surface area contributed by atoms with Crippen LogP contribution in [-0.2, 0) is 4.79 Å². The normalized spacial score (nSPS) is 25.1. The highest BCUT2D eigenvalue weighted by atomic mass is 127. The quantitative estimate of drug-likeness (QED) is 0.371. The molecule has 1 saturated heterocycles. The third-order valence-electron chi connectivity index (χ3n) is 5.89. The maximum absolute atomic E-state index is 12.0. The van der Waals surface area contributed by atoms with Crippen LogP contribution in [0.25, 0.3) is 0 Å². The molecule has 2 N–H and O–H groups in total. The molecular formula is C21H32IN5O. The highest BCUT2D eigenvalue weighted by Crippen LogP contribution is 2.42. The molecule has 28 heavy (non-hydrogen) atoms. The molecular weight excluding hydrogens is 465 g/mol. The van der Waals surface area contributed by atoms with Crippen LogP contribution in [0.15, 0.2) is 29.3 Å². The fraction of sp³-hybridized carbons (Fsp3) is 0.619. The first-order valence-corrected chi connectivity index (χ1v) is 10.2. The van der Waals surface area contributed by atoms with Crippen LogP contribution in [0.2, 0.25) is 0 Å². The first-order valence-electron chi connectivity index (χ1n) is 10.2. The molecule has 7 heteroatoms. The Kier molecular flexibility index (Phi) is 7.20. The van der Waals surface area contributed by atoms with Gasteiger partial charge < -0.3 is 15.5 Å². The van der Waals surface area contributed by atoms with Crippen LogP contribution in [0, 0.1) is 6.92 Å². The van der Waals surface area contributed by atoms with E-state index >= 15 is 0 Å². The third-order valence-corrected chi connectivity index (χ3v) is 5.89. The maximum Gasteiger partial charge on any atom is 0.234 e. The van der Waals surface area contributed by atoms with Crippen LogP contribution in [-0.4, -0.2) is 73.5 Å². The lowest BCUT2D eigenvalue weighted by atomic mass is 10.0. The minimum absolute atomic E-state index is 0. The van der Waals surface area contributed by atoms with Gasteiger partial charge in [-0.25, -0.2) is 0 Å². The molecule has 0 bridgehead atoms. The number of aryl methyl sites for hydroxylation is 1. The lowest BCUT2D eigenvalue weighted by molar-refractivity contribution is -0.122. The molecule has 2 unspecified atom stereocenters. The molecule has 0 radical (unpaired) electrons. The number of halogens is 1. The van der Waals surface area contributed by atoms with Gasteiger partial charge in [0.15, 0.2) is 5.96 Å². The van der Waals surface area contributed by atoms with E-state index in [9.17, 15) is 4.79 Å². The Morgan fingerprint density at radius 1 is 1.14 bits per heavy atom. The van der Waals surface area contributed by atoms with Crippen LogP contribution in [0.4, 0.5) is 0 Å². The summed E-state index contributed by atoms with van der Waals surface area (Å²) in [5.41, 5.74) is 2.83. The topological polar surface area (TPSA) is 60.0 Å². The predicted octanol–water partition coefficient (Wildman–Crippen LogP) is 1.94. The van der Waals surface area contributed by atoms with Gasteiger partial charge in [-0.2, -0.15) is 0 Å². The van der Waals surface area contributed by atoms with Crippen molar-refractivity contribution in [3.05, 3.63) is 35.4 Å². The Bertz CT molecular complexity index is 713. The maximum atomic E-state index is 12.0. The molecule has 1 amide bonds.